The van der Waals surface area contributed by atoms with Crippen molar-refractivity contribution in [3.05, 3.63) is 60.2 Å². The third-order valence-electron chi connectivity index (χ3n) is 2.69. The molecule has 108 valence electrons. The summed E-state index contributed by atoms with van der Waals surface area (Å²) in [4.78, 5) is 22.8. The van der Waals surface area contributed by atoms with Crippen molar-refractivity contribution in [1.82, 2.24) is 0 Å². The van der Waals surface area contributed by atoms with Crippen LogP contribution in [0.4, 0.5) is 0 Å². The van der Waals surface area contributed by atoms with Crippen molar-refractivity contribution in [2.45, 2.75) is 13.0 Å². The van der Waals surface area contributed by atoms with Gasteiger partial charge in [-0.05, 0) is 37.3 Å². The smallest absolute Gasteiger partial charge is 0.352 e. The number of ether oxygens (including phenoxy) is 2. The molecule has 2 rings (SSSR count). The summed E-state index contributed by atoms with van der Waals surface area (Å²) >= 11 is 0. The fourth-order valence-corrected chi connectivity index (χ4v) is 1.64. The van der Waals surface area contributed by atoms with Crippen molar-refractivity contribution < 1.29 is 24.2 Å². The first kappa shape index (κ1) is 14.6. The largest absolute Gasteiger partial charge is 0.479 e. The van der Waals surface area contributed by atoms with Gasteiger partial charge in [0.25, 0.3) is 0 Å². The number of esters is 1. The van der Waals surface area contributed by atoms with Gasteiger partial charge in [-0.15, -0.1) is 0 Å². The molecule has 0 spiro atoms. The number of para-hydroxylation sites is 1. The standard InChI is InChI=1S/C16H14O5/c1-11(20-13-7-3-2-4-8-13)16(19)21-14-9-5-6-12(10-14)15(17)18/h2-11H,1H3,(H,17,18). The van der Waals surface area contributed by atoms with E-state index in [9.17, 15) is 9.59 Å². The molecule has 0 saturated heterocycles. The van der Waals surface area contributed by atoms with Gasteiger partial charge in [0, 0.05) is 0 Å². The van der Waals surface area contributed by atoms with Crippen LogP contribution in [0.2, 0.25) is 0 Å². The number of benzene rings is 2. The molecule has 5 nitrogen and oxygen atoms in total. The molecule has 2 aromatic carbocycles. The van der Waals surface area contributed by atoms with Crippen molar-refractivity contribution in [3.63, 3.8) is 0 Å². The second-order valence-corrected chi connectivity index (χ2v) is 4.33. The van der Waals surface area contributed by atoms with Gasteiger partial charge in [-0.1, -0.05) is 24.3 Å². The number of aromatic carboxylic acids is 1. The molecule has 21 heavy (non-hydrogen) atoms. The number of hydrogen-bond donors (Lipinski definition) is 1. The van der Waals surface area contributed by atoms with Crippen LogP contribution in [0.5, 0.6) is 11.5 Å². The summed E-state index contributed by atoms with van der Waals surface area (Å²) < 4.78 is 10.5. The Labute approximate surface area is 121 Å². The third kappa shape index (κ3) is 4.07. The molecule has 1 unspecified atom stereocenters. The lowest BCUT2D eigenvalue weighted by molar-refractivity contribution is -0.141. The van der Waals surface area contributed by atoms with Crippen LogP contribution < -0.4 is 9.47 Å². The van der Waals surface area contributed by atoms with Crippen LogP contribution in [-0.4, -0.2) is 23.1 Å². The highest BCUT2D eigenvalue weighted by molar-refractivity contribution is 5.88. The van der Waals surface area contributed by atoms with E-state index < -0.39 is 18.0 Å². The summed E-state index contributed by atoms with van der Waals surface area (Å²) in [6.45, 7) is 1.57. The van der Waals surface area contributed by atoms with E-state index in [1.54, 1.807) is 31.2 Å². The maximum Gasteiger partial charge on any atom is 0.352 e. The van der Waals surface area contributed by atoms with E-state index in [1.807, 2.05) is 6.07 Å². The highest BCUT2D eigenvalue weighted by Crippen LogP contribution is 2.16. The first-order chi connectivity index (χ1) is 10.1. The Balaban J connectivity index is 2.00. The molecule has 0 saturated carbocycles. The van der Waals surface area contributed by atoms with Crippen molar-refractivity contribution in [2.24, 2.45) is 0 Å². The maximum absolute atomic E-state index is 11.9. The van der Waals surface area contributed by atoms with Crippen LogP contribution in [0.1, 0.15) is 17.3 Å². The van der Waals surface area contributed by atoms with E-state index in [1.165, 1.54) is 24.3 Å². The predicted molar refractivity (Wildman–Crippen MR) is 75.6 cm³/mol. The van der Waals surface area contributed by atoms with Crippen LogP contribution in [0.15, 0.2) is 54.6 Å². The molecule has 0 radical (unpaired) electrons. The van der Waals surface area contributed by atoms with Gasteiger partial charge in [0.15, 0.2) is 6.10 Å². The van der Waals surface area contributed by atoms with Gasteiger partial charge >= 0.3 is 11.9 Å². The molecule has 0 aliphatic carbocycles. The van der Waals surface area contributed by atoms with Gasteiger partial charge in [0.2, 0.25) is 0 Å². The molecular formula is C16H14O5. The molecule has 0 heterocycles. The molecule has 0 aliphatic rings. The Kier molecular flexibility index (Phi) is 4.56. The number of carboxylic acids is 1. The lowest BCUT2D eigenvalue weighted by Crippen LogP contribution is -2.28. The van der Waals surface area contributed by atoms with E-state index in [0.29, 0.717) is 5.75 Å². The van der Waals surface area contributed by atoms with E-state index in [0.717, 1.165) is 0 Å². The molecule has 0 aromatic heterocycles. The molecule has 0 amide bonds. The summed E-state index contributed by atoms with van der Waals surface area (Å²) in [5.41, 5.74) is 0.0527. The number of carboxylic acid groups (broad SMARTS) is 1. The lowest BCUT2D eigenvalue weighted by atomic mass is 10.2. The molecule has 2 aromatic rings. The Hall–Kier alpha value is -2.82. The van der Waals surface area contributed by atoms with E-state index in [4.69, 9.17) is 14.6 Å². The van der Waals surface area contributed by atoms with Crippen molar-refractivity contribution in [3.8, 4) is 11.5 Å². The first-order valence-electron chi connectivity index (χ1n) is 6.33. The Bertz CT molecular complexity index is 636. The second-order valence-electron chi connectivity index (χ2n) is 4.33. The summed E-state index contributed by atoms with van der Waals surface area (Å²) in [5, 5.41) is 8.88. The zero-order chi connectivity index (χ0) is 15.2. The van der Waals surface area contributed by atoms with Crippen molar-refractivity contribution in [2.75, 3.05) is 0 Å². The quantitative estimate of drug-likeness (QED) is 0.676. The lowest BCUT2D eigenvalue weighted by Gasteiger charge is -2.13. The molecule has 1 N–H and O–H groups in total. The maximum atomic E-state index is 11.9. The van der Waals surface area contributed by atoms with E-state index >= 15 is 0 Å². The Morgan fingerprint density at radius 3 is 2.33 bits per heavy atom. The summed E-state index contributed by atoms with van der Waals surface area (Å²) in [5.74, 6) is -0.951. The van der Waals surface area contributed by atoms with Crippen molar-refractivity contribution in [1.29, 1.82) is 0 Å². The first-order valence-corrected chi connectivity index (χ1v) is 6.33. The molecular weight excluding hydrogens is 272 g/mol. The fraction of sp³-hybridized carbons (Fsp3) is 0.125. The molecule has 1 atom stereocenters. The van der Waals surface area contributed by atoms with Gasteiger partial charge in [0.05, 0.1) is 5.56 Å². The highest BCUT2D eigenvalue weighted by Gasteiger charge is 2.17. The number of rotatable bonds is 5. The minimum absolute atomic E-state index is 0.0527. The SMILES string of the molecule is CC(Oc1ccccc1)C(=O)Oc1cccc(C(=O)O)c1. The summed E-state index contributed by atoms with van der Waals surface area (Å²) in [6, 6.07) is 14.6. The zero-order valence-corrected chi connectivity index (χ0v) is 11.4. The fourth-order valence-electron chi connectivity index (χ4n) is 1.64. The molecule has 0 aliphatic heterocycles. The Morgan fingerprint density at radius 2 is 1.67 bits per heavy atom. The number of carbonyl (C=O) groups is 2. The highest BCUT2D eigenvalue weighted by atomic mass is 16.6. The predicted octanol–water partition coefficient (Wildman–Crippen LogP) is 2.76. The van der Waals surface area contributed by atoms with E-state index in [2.05, 4.69) is 0 Å². The topological polar surface area (TPSA) is 72.8 Å². The van der Waals surface area contributed by atoms with Crippen LogP contribution in [-0.2, 0) is 4.79 Å². The minimum atomic E-state index is -1.08. The number of carbonyl (C=O) groups excluding carboxylic acids is 1. The average Bonchev–Trinajstić information content (AvgIpc) is 2.48. The van der Waals surface area contributed by atoms with Crippen LogP contribution >= 0.6 is 0 Å². The summed E-state index contributed by atoms with van der Waals surface area (Å²) in [7, 11) is 0. The average molecular weight is 286 g/mol. The van der Waals surface area contributed by atoms with Gasteiger partial charge < -0.3 is 14.6 Å². The number of hydrogen-bond acceptors (Lipinski definition) is 4. The van der Waals surface area contributed by atoms with E-state index in [-0.39, 0.29) is 11.3 Å². The van der Waals surface area contributed by atoms with Gasteiger partial charge in [-0.2, -0.15) is 0 Å². The van der Waals surface area contributed by atoms with Crippen LogP contribution in [0, 0.1) is 0 Å². The second kappa shape index (κ2) is 6.56. The van der Waals surface area contributed by atoms with Gasteiger partial charge in [-0.3, -0.25) is 0 Å². The summed E-state index contributed by atoms with van der Waals surface area (Å²) in [6.07, 6.45) is -0.805. The van der Waals surface area contributed by atoms with Gasteiger partial charge in [0.1, 0.15) is 11.5 Å². The van der Waals surface area contributed by atoms with Crippen LogP contribution in [0.25, 0.3) is 0 Å². The zero-order valence-electron chi connectivity index (χ0n) is 11.4. The monoisotopic (exact) mass is 286 g/mol. The Morgan fingerprint density at radius 1 is 1.00 bits per heavy atom. The van der Waals surface area contributed by atoms with Crippen LogP contribution in [0.3, 0.4) is 0 Å². The van der Waals surface area contributed by atoms with Crippen molar-refractivity contribution >= 4 is 11.9 Å². The molecule has 5 heteroatoms. The third-order valence-corrected chi connectivity index (χ3v) is 2.69. The molecule has 0 bridgehead atoms. The normalized spacial score (nSPS) is 11.5. The molecule has 0 fully saturated rings. The minimum Gasteiger partial charge on any atom is -0.479 e. The van der Waals surface area contributed by atoms with Gasteiger partial charge in [-0.25, -0.2) is 9.59 Å².